The number of hydrogen-bond acceptors (Lipinski definition) is 3. The number of unbranched alkanes of at least 4 members (excludes halogenated alkanes) is 1. The van der Waals surface area contributed by atoms with E-state index in [1.165, 1.54) is 0 Å². The van der Waals surface area contributed by atoms with E-state index in [1.54, 1.807) is 24.3 Å². The lowest BCUT2D eigenvalue weighted by Gasteiger charge is -2.10. The molecule has 0 spiro atoms. The molecule has 2 aromatic carbocycles. The predicted molar refractivity (Wildman–Crippen MR) is 86.6 cm³/mol. The summed E-state index contributed by atoms with van der Waals surface area (Å²) in [6, 6.07) is 9.06. The topological polar surface area (TPSA) is 61.6 Å². The lowest BCUT2D eigenvalue weighted by atomic mass is 10.1. The Labute approximate surface area is 143 Å². The van der Waals surface area contributed by atoms with Gasteiger partial charge in [-0.2, -0.15) is 0 Å². The number of carbonyl (C=O) groups excluding carboxylic acids is 1. The number of rotatable bonds is 8. The summed E-state index contributed by atoms with van der Waals surface area (Å²) in [5.74, 6) is -2.77. The van der Waals surface area contributed by atoms with E-state index in [0.717, 1.165) is 12.1 Å². The number of carbonyl (C=O) groups is 1. The first-order chi connectivity index (χ1) is 11.5. The molecule has 4 nitrogen and oxygen atoms in total. The maximum absolute atomic E-state index is 13.9. The molecule has 0 saturated heterocycles. The number of ether oxygens (including phenoxy) is 2. The second kappa shape index (κ2) is 8.49. The third-order valence-corrected chi connectivity index (χ3v) is 3.43. The van der Waals surface area contributed by atoms with Crippen LogP contribution in [0.3, 0.4) is 0 Å². The van der Waals surface area contributed by atoms with Gasteiger partial charge in [-0.15, -0.1) is 0 Å². The summed E-state index contributed by atoms with van der Waals surface area (Å²) in [5.41, 5.74) is 4.15. The number of primary amides is 1. The fourth-order valence-corrected chi connectivity index (χ4v) is 2.10. The van der Waals surface area contributed by atoms with E-state index < -0.39 is 23.1 Å². The second-order valence-electron chi connectivity index (χ2n) is 4.96. The fourth-order valence-electron chi connectivity index (χ4n) is 1.98. The van der Waals surface area contributed by atoms with Crippen LogP contribution in [0.2, 0.25) is 5.02 Å². The molecular weight excluding hydrogens is 340 g/mol. The van der Waals surface area contributed by atoms with Crippen LogP contribution in [0, 0.1) is 11.6 Å². The highest BCUT2D eigenvalue weighted by Gasteiger charge is 2.19. The molecule has 0 saturated carbocycles. The average molecular weight is 356 g/mol. The van der Waals surface area contributed by atoms with Crippen molar-refractivity contribution < 1.29 is 23.0 Å². The van der Waals surface area contributed by atoms with Gasteiger partial charge in [0.25, 0.3) is 5.91 Å². The van der Waals surface area contributed by atoms with Crippen molar-refractivity contribution in [3.63, 3.8) is 0 Å². The monoisotopic (exact) mass is 355 g/mol. The van der Waals surface area contributed by atoms with Crippen LogP contribution in [0.1, 0.15) is 23.2 Å². The third kappa shape index (κ3) is 4.83. The van der Waals surface area contributed by atoms with Gasteiger partial charge in [0.15, 0.2) is 11.6 Å². The van der Waals surface area contributed by atoms with Crippen molar-refractivity contribution >= 4 is 17.5 Å². The van der Waals surface area contributed by atoms with E-state index >= 15 is 0 Å². The molecule has 2 rings (SSSR count). The minimum Gasteiger partial charge on any atom is -0.494 e. The molecule has 128 valence electrons. The molecule has 0 bridgehead atoms. The standard InChI is InChI=1S/C17H16ClF2NO3/c18-11-3-5-12(6-4-11)23-9-1-2-10-24-14-8-7-13(19)15(16(14)20)17(21)22/h3-8H,1-2,9-10H2,(H2,21,22). The molecule has 2 aromatic rings. The van der Waals surface area contributed by atoms with Crippen LogP contribution in [0.5, 0.6) is 11.5 Å². The Morgan fingerprint density at radius 1 is 1.00 bits per heavy atom. The highest BCUT2D eigenvalue weighted by atomic mass is 35.5. The van der Waals surface area contributed by atoms with E-state index in [2.05, 4.69) is 0 Å². The van der Waals surface area contributed by atoms with E-state index in [0.29, 0.717) is 30.2 Å². The maximum Gasteiger partial charge on any atom is 0.254 e. The molecule has 0 heterocycles. The van der Waals surface area contributed by atoms with E-state index in [1.807, 2.05) is 0 Å². The zero-order valence-electron chi connectivity index (χ0n) is 12.7. The van der Waals surface area contributed by atoms with Gasteiger partial charge in [-0.1, -0.05) is 11.6 Å². The molecule has 0 aliphatic heterocycles. The summed E-state index contributed by atoms with van der Waals surface area (Å²) in [6.45, 7) is 0.661. The van der Waals surface area contributed by atoms with Gasteiger partial charge in [0.2, 0.25) is 0 Å². The van der Waals surface area contributed by atoms with Crippen LogP contribution in [-0.2, 0) is 0 Å². The number of amides is 1. The molecule has 0 aromatic heterocycles. The molecule has 0 unspecified atom stereocenters. The van der Waals surface area contributed by atoms with Crippen LogP contribution in [0.4, 0.5) is 8.78 Å². The molecule has 24 heavy (non-hydrogen) atoms. The van der Waals surface area contributed by atoms with Crippen molar-refractivity contribution in [2.24, 2.45) is 5.73 Å². The van der Waals surface area contributed by atoms with Crippen molar-refractivity contribution in [1.29, 1.82) is 0 Å². The molecule has 0 atom stereocenters. The molecule has 0 aliphatic carbocycles. The largest absolute Gasteiger partial charge is 0.494 e. The van der Waals surface area contributed by atoms with E-state index in [9.17, 15) is 13.6 Å². The number of hydrogen-bond donors (Lipinski definition) is 1. The number of nitrogens with two attached hydrogens (primary N) is 1. The minimum absolute atomic E-state index is 0.199. The summed E-state index contributed by atoms with van der Waals surface area (Å²) >= 11 is 5.77. The van der Waals surface area contributed by atoms with Crippen LogP contribution in [0.25, 0.3) is 0 Å². The molecule has 0 aliphatic rings. The van der Waals surface area contributed by atoms with Crippen molar-refractivity contribution in [2.75, 3.05) is 13.2 Å². The van der Waals surface area contributed by atoms with Gasteiger partial charge >= 0.3 is 0 Å². The molecule has 0 fully saturated rings. The number of halogens is 3. The number of benzene rings is 2. The van der Waals surface area contributed by atoms with E-state index in [-0.39, 0.29) is 12.4 Å². The first-order valence-electron chi connectivity index (χ1n) is 7.28. The van der Waals surface area contributed by atoms with Crippen LogP contribution >= 0.6 is 11.6 Å². The Morgan fingerprint density at radius 3 is 2.25 bits per heavy atom. The normalized spacial score (nSPS) is 10.5. The molecule has 7 heteroatoms. The zero-order valence-corrected chi connectivity index (χ0v) is 13.5. The quantitative estimate of drug-likeness (QED) is 0.729. The highest BCUT2D eigenvalue weighted by molar-refractivity contribution is 6.30. The summed E-state index contributed by atoms with van der Waals surface area (Å²) < 4.78 is 38.0. The van der Waals surface area contributed by atoms with Crippen molar-refractivity contribution in [3.8, 4) is 11.5 Å². The second-order valence-corrected chi connectivity index (χ2v) is 5.39. The predicted octanol–water partition coefficient (Wildman–Crippen LogP) is 3.96. The minimum atomic E-state index is -1.17. The Balaban J connectivity index is 1.75. The van der Waals surface area contributed by atoms with Gasteiger partial charge < -0.3 is 15.2 Å². The molecule has 1 amide bonds. The molecule has 2 N–H and O–H groups in total. The summed E-state index contributed by atoms with van der Waals surface area (Å²) in [7, 11) is 0. The Morgan fingerprint density at radius 2 is 1.62 bits per heavy atom. The van der Waals surface area contributed by atoms with Crippen molar-refractivity contribution in [3.05, 3.63) is 58.6 Å². The SMILES string of the molecule is NC(=O)c1c(F)ccc(OCCCCOc2ccc(Cl)cc2)c1F. The zero-order chi connectivity index (χ0) is 17.5. The maximum atomic E-state index is 13.9. The summed E-state index contributed by atoms with van der Waals surface area (Å²) in [4.78, 5) is 11.0. The smallest absolute Gasteiger partial charge is 0.254 e. The van der Waals surface area contributed by atoms with Crippen LogP contribution < -0.4 is 15.2 Å². The van der Waals surface area contributed by atoms with Crippen LogP contribution in [-0.4, -0.2) is 19.1 Å². The summed E-state index contributed by atoms with van der Waals surface area (Å²) in [6.07, 6.45) is 1.27. The van der Waals surface area contributed by atoms with Crippen LogP contribution in [0.15, 0.2) is 36.4 Å². The highest BCUT2D eigenvalue weighted by Crippen LogP contribution is 2.23. The molecular formula is C17H16ClF2NO3. The van der Waals surface area contributed by atoms with Gasteiger partial charge in [0.1, 0.15) is 17.1 Å². The Hall–Kier alpha value is -2.34. The van der Waals surface area contributed by atoms with Gasteiger partial charge in [0.05, 0.1) is 13.2 Å². The van der Waals surface area contributed by atoms with Gasteiger partial charge in [0, 0.05) is 5.02 Å². The first-order valence-corrected chi connectivity index (χ1v) is 7.66. The fraction of sp³-hybridized carbons (Fsp3) is 0.235. The Bertz CT molecular complexity index is 708. The first kappa shape index (κ1) is 18.0. The third-order valence-electron chi connectivity index (χ3n) is 3.18. The van der Waals surface area contributed by atoms with Gasteiger partial charge in [-0.3, -0.25) is 4.79 Å². The average Bonchev–Trinajstić information content (AvgIpc) is 2.54. The van der Waals surface area contributed by atoms with Gasteiger partial charge in [-0.25, -0.2) is 8.78 Å². The van der Waals surface area contributed by atoms with Crippen molar-refractivity contribution in [2.45, 2.75) is 12.8 Å². The molecule has 0 radical (unpaired) electrons. The lowest BCUT2D eigenvalue weighted by molar-refractivity contribution is 0.0991. The van der Waals surface area contributed by atoms with Gasteiger partial charge in [-0.05, 0) is 49.2 Å². The van der Waals surface area contributed by atoms with E-state index in [4.69, 9.17) is 26.8 Å². The van der Waals surface area contributed by atoms with Crippen molar-refractivity contribution in [1.82, 2.24) is 0 Å². The summed E-state index contributed by atoms with van der Waals surface area (Å²) in [5, 5.41) is 0.632. The Kier molecular flexibility index (Phi) is 6.37. The lowest BCUT2D eigenvalue weighted by Crippen LogP contribution is -2.16.